The van der Waals surface area contributed by atoms with Gasteiger partial charge < -0.3 is 10.6 Å². The van der Waals surface area contributed by atoms with E-state index < -0.39 is 0 Å². The second-order valence-electron chi connectivity index (χ2n) is 6.95. The van der Waals surface area contributed by atoms with Crippen LogP contribution in [0, 0.1) is 5.92 Å². The van der Waals surface area contributed by atoms with Gasteiger partial charge in [0.05, 0.1) is 5.69 Å². The molecule has 2 aromatic heterocycles. The van der Waals surface area contributed by atoms with Crippen molar-refractivity contribution in [1.29, 1.82) is 0 Å². The van der Waals surface area contributed by atoms with Crippen molar-refractivity contribution in [2.75, 3.05) is 25.9 Å². The van der Waals surface area contributed by atoms with E-state index in [2.05, 4.69) is 20.9 Å². The normalized spacial score (nSPS) is 18.4. The van der Waals surface area contributed by atoms with Gasteiger partial charge in [0.15, 0.2) is 0 Å². The van der Waals surface area contributed by atoms with E-state index in [1.165, 1.54) is 10.9 Å². The van der Waals surface area contributed by atoms with Crippen LogP contribution in [0.25, 0.3) is 0 Å². The lowest BCUT2D eigenvalue weighted by molar-refractivity contribution is -0.134. The number of hydrogen-bond acceptors (Lipinski definition) is 6. The molecule has 2 unspecified atom stereocenters. The van der Waals surface area contributed by atoms with E-state index in [1.54, 1.807) is 11.3 Å². The fraction of sp³-hybridized carbons (Fsp3) is 0.500. The number of nitrogens with two attached hydrogens (primary N) is 1. The summed E-state index contributed by atoms with van der Waals surface area (Å²) >= 11 is 1.70. The van der Waals surface area contributed by atoms with E-state index >= 15 is 0 Å². The number of H-pyrrole nitrogens is 1. The van der Waals surface area contributed by atoms with Gasteiger partial charge in [-0.3, -0.25) is 19.5 Å². The summed E-state index contributed by atoms with van der Waals surface area (Å²) in [5.41, 5.74) is 6.00. The maximum Gasteiger partial charge on any atom is 0.252 e. The van der Waals surface area contributed by atoms with Gasteiger partial charge in [0.25, 0.3) is 5.56 Å². The highest BCUT2D eigenvalue weighted by Gasteiger charge is 2.31. The number of likely N-dealkylation sites (tertiary alicyclic amines) is 1. The molecule has 1 saturated heterocycles. The van der Waals surface area contributed by atoms with Gasteiger partial charge in [0, 0.05) is 42.5 Å². The monoisotopic (exact) mass is 375 g/mol. The number of amides is 1. The van der Waals surface area contributed by atoms with E-state index in [-0.39, 0.29) is 29.4 Å². The van der Waals surface area contributed by atoms with Crippen molar-refractivity contribution in [1.82, 2.24) is 19.8 Å². The largest absolute Gasteiger partial charge is 0.369 e. The van der Waals surface area contributed by atoms with Crippen LogP contribution in [0.15, 0.2) is 28.4 Å². The first-order chi connectivity index (χ1) is 12.4. The lowest BCUT2D eigenvalue weighted by atomic mass is 10.1. The predicted octanol–water partition coefficient (Wildman–Crippen LogP) is 1.33. The topological polar surface area (TPSA) is 95.3 Å². The first kappa shape index (κ1) is 18.6. The molecule has 8 heteroatoms. The van der Waals surface area contributed by atoms with Gasteiger partial charge in [-0.05, 0) is 31.3 Å². The zero-order chi connectivity index (χ0) is 18.7. The number of hydrogen-bond donors (Lipinski definition) is 2. The summed E-state index contributed by atoms with van der Waals surface area (Å²) in [7, 11) is 1.99. The molecule has 0 radical (unpaired) electrons. The molecule has 26 heavy (non-hydrogen) atoms. The van der Waals surface area contributed by atoms with Crippen LogP contribution >= 0.6 is 11.3 Å². The maximum atomic E-state index is 12.7. The molecule has 3 N–H and O–H groups in total. The molecule has 0 bridgehead atoms. The van der Waals surface area contributed by atoms with Crippen LogP contribution in [-0.2, 0) is 17.8 Å². The Morgan fingerprint density at radius 1 is 1.58 bits per heavy atom. The standard InChI is InChI=1S/C18H25N5O2S/c1-12(8-15-4-3-7-26-15)17(25)23-6-5-14(11-23)22(2)10-13-9-16(24)21-18(19)20-13/h3-4,7,9,12,14H,5-6,8,10-11H2,1-2H3,(H3,19,20,21,24). The van der Waals surface area contributed by atoms with Crippen molar-refractivity contribution in [2.24, 2.45) is 5.92 Å². The Bertz CT molecular complexity index is 804. The van der Waals surface area contributed by atoms with E-state index in [0.717, 1.165) is 19.4 Å². The van der Waals surface area contributed by atoms with Gasteiger partial charge in [0.1, 0.15) is 0 Å². The molecule has 0 saturated carbocycles. The number of likely N-dealkylation sites (N-methyl/N-ethyl adjacent to an activating group) is 1. The van der Waals surface area contributed by atoms with E-state index in [9.17, 15) is 9.59 Å². The molecule has 0 aliphatic carbocycles. The third-order valence-electron chi connectivity index (χ3n) is 4.83. The lowest BCUT2D eigenvalue weighted by Crippen LogP contribution is -2.38. The van der Waals surface area contributed by atoms with Crippen molar-refractivity contribution in [2.45, 2.75) is 32.4 Å². The molecular formula is C18H25N5O2S. The zero-order valence-electron chi connectivity index (χ0n) is 15.1. The number of aromatic amines is 1. The fourth-order valence-electron chi connectivity index (χ4n) is 3.43. The molecule has 140 valence electrons. The van der Waals surface area contributed by atoms with Gasteiger partial charge in [-0.25, -0.2) is 4.98 Å². The van der Waals surface area contributed by atoms with E-state index in [0.29, 0.717) is 18.8 Å². The number of carbonyl (C=O) groups excluding carboxylic acids is 1. The highest BCUT2D eigenvalue weighted by Crippen LogP contribution is 2.21. The van der Waals surface area contributed by atoms with Crippen molar-refractivity contribution in [3.63, 3.8) is 0 Å². The second kappa shape index (κ2) is 8.01. The fourth-order valence-corrected chi connectivity index (χ4v) is 4.26. The van der Waals surface area contributed by atoms with Crippen molar-refractivity contribution in [3.8, 4) is 0 Å². The number of nitrogen functional groups attached to an aromatic ring is 1. The molecule has 1 aliphatic rings. The third kappa shape index (κ3) is 4.50. The predicted molar refractivity (Wildman–Crippen MR) is 103 cm³/mol. The molecule has 0 aromatic carbocycles. The second-order valence-corrected chi connectivity index (χ2v) is 7.98. The Kier molecular flexibility index (Phi) is 5.73. The number of nitrogens with one attached hydrogen (secondary N) is 1. The first-order valence-corrected chi connectivity index (χ1v) is 9.67. The summed E-state index contributed by atoms with van der Waals surface area (Å²) in [6.45, 7) is 4.02. The van der Waals surface area contributed by atoms with Crippen LogP contribution in [0.1, 0.15) is 23.9 Å². The Morgan fingerprint density at radius 3 is 3.08 bits per heavy atom. The number of nitrogens with zero attached hydrogens (tertiary/aromatic N) is 3. The molecule has 2 aromatic rings. The molecule has 3 rings (SSSR count). The number of carbonyl (C=O) groups is 1. The molecule has 1 amide bonds. The average Bonchev–Trinajstić information content (AvgIpc) is 3.24. The van der Waals surface area contributed by atoms with Gasteiger partial charge in [-0.1, -0.05) is 13.0 Å². The minimum Gasteiger partial charge on any atom is -0.369 e. The van der Waals surface area contributed by atoms with Gasteiger partial charge in [0.2, 0.25) is 11.9 Å². The summed E-state index contributed by atoms with van der Waals surface area (Å²) in [5.74, 6) is 0.339. The Balaban J connectivity index is 1.55. The molecule has 2 atom stereocenters. The van der Waals surface area contributed by atoms with Crippen LogP contribution < -0.4 is 11.3 Å². The number of anilines is 1. The summed E-state index contributed by atoms with van der Waals surface area (Å²) in [6, 6.07) is 5.83. The number of thiophene rings is 1. The average molecular weight is 375 g/mol. The van der Waals surface area contributed by atoms with Crippen LogP contribution in [0.4, 0.5) is 5.95 Å². The summed E-state index contributed by atoms with van der Waals surface area (Å²) in [5, 5.41) is 2.04. The van der Waals surface area contributed by atoms with Crippen LogP contribution in [0.3, 0.4) is 0 Å². The van der Waals surface area contributed by atoms with E-state index in [1.807, 2.05) is 30.3 Å². The number of aromatic nitrogens is 2. The third-order valence-corrected chi connectivity index (χ3v) is 5.73. The molecule has 1 fully saturated rings. The smallest absolute Gasteiger partial charge is 0.252 e. The summed E-state index contributed by atoms with van der Waals surface area (Å²) in [4.78, 5) is 36.2. The zero-order valence-corrected chi connectivity index (χ0v) is 16.0. The summed E-state index contributed by atoms with van der Waals surface area (Å²) < 4.78 is 0. The quantitative estimate of drug-likeness (QED) is 0.794. The summed E-state index contributed by atoms with van der Waals surface area (Å²) in [6.07, 6.45) is 1.72. The van der Waals surface area contributed by atoms with Crippen molar-refractivity contribution in [3.05, 3.63) is 44.5 Å². The van der Waals surface area contributed by atoms with Crippen LogP contribution in [0.2, 0.25) is 0 Å². The van der Waals surface area contributed by atoms with Gasteiger partial charge >= 0.3 is 0 Å². The minimum atomic E-state index is -0.244. The SMILES string of the molecule is CC(Cc1cccs1)C(=O)N1CCC(N(C)Cc2cc(=O)[nH]c(N)n2)C1. The van der Waals surface area contributed by atoms with Crippen molar-refractivity contribution >= 4 is 23.2 Å². The van der Waals surface area contributed by atoms with Crippen molar-refractivity contribution < 1.29 is 4.79 Å². The van der Waals surface area contributed by atoms with Gasteiger partial charge in [-0.2, -0.15) is 0 Å². The maximum absolute atomic E-state index is 12.7. The lowest BCUT2D eigenvalue weighted by Gasteiger charge is -2.25. The number of rotatable bonds is 6. The van der Waals surface area contributed by atoms with Gasteiger partial charge in [-0.15, -0.1) is 11.3 Å². The Labute approximate surface area is 156 Å². The van der Waals surface area contributed by atoms with Crippen LogP contribution in [-0.4, -0.2) is 51.9 Å². The Hall–Kier alpha value is -2.19. The highest BCUT2D eigenvalue weighted by molar-refractivity contribution is 7.09. The molecule has 1 aliphatic heterocycles. The minimum absolute atomic E-state index is 0.00754. The highest BCUT2D eigenvalue weighted by atomic mass is 32.1. The first-order valence-electron chi connectivity index (χ1n) is 8.79. The molecule has 7 nitrogen and oxygen atoms in total. The molecule has 3 heterocycles. The van der Waals surface area contributed by atoms with Crippen LogP contribution in [0.5, 0.6) is 0 Å². The Morgan fingerprint density at radius 2 is 2.38 bits per heavy atom. The molecule has 0 spiro atoms. The van der Waals surface area contributed by atoms with E-state index in [4.69, 9.17) is 5.73 Å². The molecular weight excluding hydrogens is 350 g/mol.